The molecule has 1 aromatic carbocycles. The van der Waals surface area contributed by atoms with Crippen LogP contribution in [-0.2, 0) is 16.2 Å². The number of carbonyl (C=O) groups is 2. The van der Waals surface area contributed by atoms with E-state index in [0.29, 0.717) is 24.3 Å². The summed E-state index contributed by atoms with van der Waals surface area (Å²) >= 11 is 0. The van der Waals surface area contributed by atoms with E-state index in [1.54, 1.807) is 30.6 Å². The predicted molar refractivity (Wildman–Crippen MR) is 126 cm³/mol. The van der Waals surface area contributed by atoms with Crippen LogP contribution in [0.1, 0.15) is 38.2 Å². The average molecular weight is 463 g/mol. The number of nitrogens with one attached hydrogen (secondary N) is 2. The van der Waals surface area contributed by atoms with Crippen molar-refractivity contribution in [3.8, 4) is 16.9 Å². The van der Waals surface area contributed by atoms with Crippen molar-refractivity contribution in [1.29, 1.82) is 0 Å². The van der Waals surface area contributed by atoms with Crippen LogP contribution in [0.5, 0.6) is 5.75 Å². The maximum absolute atomic E-state index is 14.8. The highest BCUT2D eigenvalue weighted by molar-refractivity contribution is 5.92. The number of ether oxygens (including phenoxy) is 1. The number of aromatic nitrogens is 2. The Kier molecular flexibility index (Phi) is 7.47. The van der Waals surface area contributed by atoms with Crippen LogP contribution in [0, 0.1) is 11.7 Å². The van der Waals surface area contributed by atoms with E-state index < -0.39 is 5.82 Å². The maximum atomic E-state index is 14.8. The molecule has 1 aliphatic rings. The van der Waals surface area contributed by atoms with Gasteiger partial charge in [0.1, 0.15) is 24.0 Å². The van der Waals surface area contributed by atoms with Gasteiger partial charge < -0.3 is 15.4 Å². The second kappa shape index (κ2) is 10.9. The molecule has 34 heavy (non-hydrogen) atoms. The smallest absolute Gasteiger partial charge is 0.228 e. The zero-order chi connectivity index (χ0) is 23.9. The van der Waals surface area contributed by atoms with Crippen molar-refractivity contribution < 1.29 is 18.7 Å². The van der Waals surface area contributed by atoms with E-state index >= 15 is 0 Å². The van der Waals surface area contributed by atoms with Gasteiger partial charge in [-0.3, -0.25) is 14.6 Å². The standard InChI is InChI=1S/C26H27FN4O3/c1-17(32)30-20-6-4-5-19(13-20)26(33)31-25-14-22(23(27)15-29-25)21-7-2-3-8-24(21)34-16-18-9-11-28-12-10-18/h2-3,7-12,14-15,19-20H,4-6,13,16H2,1H3,(H,30,32)(H,29,31,33)/t19-,20+/m0/s1. The maximum Gasteiger partial charge on any atom is 0.228 e. The zero-order valence-electron chi connectivity index (χ0n) is 19.0. The average Bonchev–Trinajstić information content (AvgIpc) is 2.84. The Morgan fingerprint density at radius 1 is 1.12 bits per heavy atom. The minimum absolute atomic E-state index is 0.0110. The lowest BCUT2D eigenvalue weighted by atomic mass is 9.85. The summed E-state index contributed by atoms with van der Waals surface area (Å²) in [4.78, 5) is 32.3. The first-order valence-electron chi connectivity index (χ1n) is 11.3. The van der Waals surface area contributed by atoms with Gasteiger partial charge >= 0.3 is 0 Å². The lowest BCUT2D eigenvalue weighted by Crippen LogP contribution is -2.40. The number of anilines is 1. The Hall–Kier alpha value is -3.81. The molecule has 1 fully saturated rings. The van der Waals surface area contributed by atoms with Gasteiger partial charge in [0, 0.05) is 42.4 Å². The third kappa shape index (κ3) is 5.95. The molecule has 8 heteroatoms. The molecule has 2 amide bonds. The summed E-state index contributed by atoms with van der Waals surface area (Å²) in [6.07, 6.45) is 7.50. The first-order chi connectivity index (χ1) is 16.5. The number of rotatable bonds is 7. The van der Waals surface area contributed by atoms with Crippen molar-refractivity contribution >= 4 is 17.6 Å². The number of halogens is 1. The highest BCUT2D eigenvalue weighted by Gasteiger charge is 2.28. The molecule has 2 atom stereocenters. The zero-order valence-corrected chi connectivity index (χ0v) is 19.0. The summed E-state index contributed by atoms with van der Waals surface area (Å²) in [5.74, 6) is -0.236. The third-order valence-corrected chi connectivity index (χ3v) is 5.88. The van der Waals surface area contributed by atoms with Crippen LogP contribution in [0.15, 0.2) is 61.1 Å². The minimum atomic E-state index is -0.513. The molecule has 3 aromatic rings. The van der Waals surface area contributed by atoms with Gasteiger partial charge in [0.25, 0.3) is 0 Å². The fourth-order valence-corrected chi connectivity index (χ4v) is 4.24. The van der Waals surface area contributed by atoms with E-state index in [4.69, 9.17) is 4.74 Å². The molecule has 0 bridgehead atoms. The number of amides is 2. The minimum Gasteiger partial charge on any atom is -0.488 e. The Balaban J connectivity index is 1.49. The Morgan fingerprint density at radius 3 is 2.71 bits per heavy atom. The number of nitrogens with zero attached hydrogens (tertiary/aromatic N) is 2. The molecule has 0 aliphatic heterocycles. The van der Waals surface area contributed by atoms with Gasteiger partial charge in [0.15, 0.2) is 0 Å². The van der Waals surface area contributed by atoms with Crippen LogP contribution in [0.3, 0.4) is 0 Å². The van der Waals surface area contributed by atoms with Crippen molar-refractivity contribution in [2.75, 3.05) is 5.32 Å². The second-order valence-corrected chi connectivity index (χ2v) is 8.44. The van der Waals surface area contributed by atoms with Gasteiger partial charge in [-0.25, -0.2) is 9.37 Å². The highest BCUT2D eigenvalue weighted by Crippen LogP contribution is 2.33. The molecular formula is C26H27FN4O3. The molecule has 0 saturated heterocycles. The Bertz CT molecular complexity index is 1160. The van der Waals surface area contributed by atoms with Gasteiger partial charge in [-0.2, -0.15) is 0 Å². The van der Waals surface area contributed by atoms with Gasteiger partial charge in [-0.05, 0) is 49.1 Å². The number of carbonyl (C=O) groups excluding carboxylic acids is 2. The van der Waals surface area contributed by atoms with Gasteiger partial charge in [-0.15, -0.1) is 0 Å². The van der Waals surface area contributed by atoms with E-state index in [2.05, 4.69) is 20.6 Å². The molecule has 1 saturated carbocycles. The fourth-order valence-electron chi connectivity index (χ4n) is 4.24. The van der Waals surface area contributed by atoms with E-state index in [1.165, 1.54) is 13.0 Å². The fraction of sp³-hybridized carbons (Fsp3) is 0.308. The van der Waals surface area contributed by atoms with Crippen molar-refractivity contribution in [2.45, 2.75) is 45.3 Å². The van der Waals surface area contributed by atoms with Gasteiger partial charge in [0.05, 0.1) is 6.20 Å². The van der Waals surface area contributed by atoms with Crippen LogP contribution in [0.4, 0.5) is 10.2 Å². The van der Waals surface area contributed by atoms with Crippen LogP contribution in [-0.4, -0.2) is 27.8 Å². The first kappa shape index (κ1) is 23.4. The van der Waals surface area contributed by atoms with E-state index in [1.807, 2.05) is 18.2 Å². The van der Waals surface area contributed by atoms with Crippen molar-refractivity contribution in [3.63, 3.8) is 0 Å². The lowest BCUT2D eigenvalue weighted by Gasteiger charge is -2.28. The van der Waals surface area contributed by atoms with Crippen molar-refractivity contribution in [2.24, 2.45) is 5.92 Å². The summed E-state index contributed by atoms with van der Waals surface area (Å²) in [5, 5.41) is 5.72. The topological polar surface area (TPSA) is 93.2 Å². The number of hydrogen-bond acceptors (Lipinski definition) is 5. The summed E-state index contributed by atoms with van der Waals surface area (Å²) in [6.45, 7) is 1.79. The lowest BCUT2D eigenvalue weighted by molar-refractivity contribution is -0.123. The van der Waals surface area contributed by atoms with E-state index in [0.717, 1.165) is 31.0 Å². The van der Waals surface area contributed by atoms with Crippen molar-refractivity contribution in [3.05, 3.63) is 72.4 Å². The SMILES string of the molecule is CC(=O)N[C@@H]1CCC[C@H](C(=O)Nc2cc(-c3ccccc3OCc3ccncc3)c(F)cn2)C1. The quantitative estimate of drug-likeness (QED) is 0.540. The number of benzene rings is 1. The summed E-state index contributed by atoms with van der Waals surface area (Å²) < 4.78 is 20.7. The highest BCUT2D eigenvalue weighted by atomic mass is 19.1. The van der Waals surface area contributed by atoms with Gasteiger partial charge in [0.2, 0.25) is 11.8 Å². The summed E-state index contributed by atoms with van der Waals surface area (Å²) in [7, 11) is 0. The van der Waals surface area contributed by atoms with Crippen LogP contribution in [0.25, 0.3) is 11.1 Å². The largest absolute Gasteiger partial charge is 0.488 e. The Labute approximate surface area is 197 Å². The number of hydrogen-bond donors (Lipinski definition) is 2. The van der Waals surface area contributed by atoms with E-state index in [-0.39, 0.29) is 35.2 Å². The molecule has 0 spiro atoms. The molecule has 4 rings (SSSR count). The van der Waals surface area contributed by atoms with Crippen LogP contribution < -0.4 is 15.4 Å². The van der Waals surface area contributed by atoms with Gasteiger partial charge in [-0.1, -0.05) is 24.6 Å². The summed E-state index contributed by atoms with van der Waals surface area (Å²) in [5.41, 5.74) is 1.80. The molecule has 2 N–H and O–H groups in total. The molecular weight excluding hydrogens is 435 g/mol. The molecule has 7 nitrogen and oxygen atoms in total. The number of para-hydroxylation sites is 1. The molecule has 0 unspecified atom stereocenters. The predicted octanol–water partition coefficient (Wildman–Crippen LogP) is 4.50. The van der Waals surface area contributed by atoms with Crippen LogP contribution in [0.2, 0.25) is 0 Å². The molecule has 2 heterocycles. The molecule has 1 aliphatic carbocycles. The monoisotopic (exact) mass is 462 g/mol. The molecule has 0 radical (unpaired) electrons. The molecule has 2 aromatic heterocycles. The normalized spacial score (nSPS) is 17.6. The molecule has 176 valence electrons. The Morgan fingerprint density at radius 2 is 1.91 bits per heavy atom. The summed E-state index contributed by atoms with van der Waals surface area (Å²) in [6, 6.07) is 12.4. The third-order valence-electron chi connectivity index (χ3n) is 5.88. The first-order valence-corrected chi connectivity index (χ1v) is 11.3. The van der Waals surface area contributed by atoms with E-state index in [9.17, 15) is 14.0 Å². The van der Waals surface area contributed by atoms with Crippen LogP contribution >= 0.6 is 0 Å². The second-order valence-electron chi connectivity index (χ2n) is 8.44. The number of pyridine rings is 2. The van der Waals surface area contributed by atoms with Crippen molar-refractivity contribution in [1.82, 2.24) is 15.3 Å².